The van der Waals surface area contributed by atoms with Crippen molar-refractivity contribution in [2.75, 3.05) is 0 Å². The lowest BCUT2D eigenvalue weighted by Gasteiger charge is -2.09. The van der Waals surface area contributed by atoms with Gasteiger partial charge in [0.25, 0.3) is 0 Å². The Kier molecular flexibility index (Phi) is 4.80. The zero-order chi connectivity index (χ0) is 15.6. The first-order valence-electron chi connectivity index (χ1n) is 6.38. The Balaban J connectivity index is 2.17. The van der Waals surface area contributed by atoms with Crippen LogP contribution >= 0.6 is 23.8 Å². The van der Waals surface area contributed by atoms with Gasteiger partial charge in [-0.1, -0.05) is 23.8 Å². The fraction of sp³-hybridized carbons (Fsp3) is 0.286. The van der Waals surface area contributed by atoms with E-state index in [1.54, 1.807) is 10.7 Å². The zero-order valence-corrected chi connectivity index (χ0v) is 13.3. The van der Waals surface area contributed by atoms with Gasteiger partial charge >= 0.3 is 0 Å². The molecule has 0 fully saturated rings. The third kappa shape index (κ3) is 3.33. The molecule has 0 amide bonds. The number of hydrogen-bond acceptors (Lipinski definition) is 3. The minimum Gasteiger partial charge on any atom is -0.487 e. The fourth-order valence-electron chi connectivity index (χ4n) is 1.94. The topological polar surface area (TPSA) is 53.1 Å². The van der Waals surface area contributed by atoms with Crippen molar-refractivity contribution < 1.29 is 9.13 Å². The Labute approximate surface area is 132 Å². The van der Waals surface area contributed by atoms with Crippen molar-refractivity contribution in [3.63, 3.8) is 0 Å². The molecule has 0 bridgehead atoms. The predicted molar refractivity (Wildman–Crippen MR) is 84.3 cm³/mol. The molecule has 21 heavy (non-hydrogen) atoms. The summed E-state index contributed by atoms with van der Waals surface area (Å²) in [6.45, 7) is 4.68. The number of ether oxygens (including phenoxy) is 1. The van der Waals surface area contributed by atoms with E-state index in [1.165, 1.54) is 12.1 Å². The summed E-state index contributed by atoms with van der Waals surface area (Å²) in [4.78, 5) is 0.0155. The van der Waals surface area contributed by atoms with Gasteiger partial charge in [-0.25, -0.2) is 4.39 Å². The third-order valence-corrected chi connectivity index (χ3v) is 3.75. The van der Waals surface area contributed by atoms with Crippen LogP contribution in [-0.2, 0) is 13.2 Å². The minimum absolute atomic E-state index is 0.0155. The Bertz CT molecular complexity index is 687. The molecule has 0 aliphatic carbocycles. The summed E-state index contributed by atoms with van der Waals surface area (Å²) in [5.74, 6) is -0.128. The van der Waals surface area contributed by atoms with Crippen LogP contribution in [0.1, 0.15) is 23.9 Å². The lowest BCUT2D eigenvalue weighted by Crippen LogP contribution is -2.12. The van der Waals surface area contributed by atoms with E-state index < -0.39 is 5.82 Å². The van der Waals surface area contributed by atoms with Gasteiger partial charge in [0.15, 0.2) is 0 Å². The summed E-state index contributed by atoms with van der Waals surface area (Å²) in [6, 6.07) is 4.36. The molecule has 0 aliphatic heterocycles. The molecule has 0 unspecified atom stereocenters. The van der Waals surface area contributed by atoms with Crippen molar-refractivity contribution in [1.82, 2.24) is 9.78 Å². The number of halogens is 2. The summed E-state index contributed by atoms with van der Waals surface area (Å²) in [6.07, 6.45) is 0. The Morgan fingerprint density at radius 1 is 1.52 bits per heavy atom. The van der Waals surface area contributed by atoms with Gasteiger partial charge in [-0.05, 0) is 26.0 Å². The Hall–Kier alpha value is -1.66. The average Bonchev–Trinajstić information content (AvgIpc) is 2.71. The van der Waals surface area contributed by atoms with Gasteiger partial charge in [0.1, 0.15) is 23.2 Å². The van der Waals surface area contributed by atoms with Gasteiger partial charge < -0.3 is 10.5 Å². The monoisotopic (exact) mass is 327 g/mol. The molecule has 2 N–H and O–H groups in total. The van der Waals surface area contributed by atoms with E-state index in [-0.39, 0.29) is 17.2 Å². The summed E-state index contributed by atoms with van der Waals surface area (Å²) in [5.41, 5.74) is 7.11. The number of aromatic nitrogens is 2. The Morgan fingerprint density at radius 3 is 2.81 bits per heavy atom. The Morgan fingerprint density at radius 2 is 2.24 bits per heavy atom. The number of aryl methyl sites for hydroxylation is 2. The van der Waals surface area contributed by atoms with Crippen LogP contribution in [0.25, 0.3) is 0 Å². The highest BCUT2D eigenvalue weighted by atomic mass is 35.5. The summed E-state index contributed by atoms with van der Waals surface area (Å²) >= 11 is 10.9. The standard InChI is InChI=1S/C14H15ClFN3OS/c1-3-19-12(13(15)8(2)18-19)7-20-9-4-5-10(14(17)21)11(16)6-9/h4-6H,3,7H2,1-2H3,(H2,17,21). The summed E-state index contributed by atoms with van der Waals surface area (Å²) in [5, 5.41) is 4.86. The second-order valence-electron chi connectivity index (χ2n) is 4.46. The second-order valence-corrected chi connectivity index (χ2v) is 5.27. The third-order valence-electron chi connectivity index (χ3n) is 3.03. The number of nitrogens with zero attached hydrogens (tertiary/aromatic N) is 2. The molecule has 0 atom stereocenters. The molecule has 1 aromatic carbocycles. The average molecular weight is 328 g/mol. The van der Waals surface area contributed by atoms with Crippen LogP contribution in [0.4, 0.5) is 4.39 Å². The minimum atomic E-state index is -0.508. The first-order valence-corrected chi connectivity index (χ1v) is 7.16. The normalized spacial score (nSPS) is 10.7. The van der Waals surface area contributed by atoms with E-state index in [0.717, 1.165) is 11.4 Å². The highest BCUT2D eigenvalue weighted by Crippen LogP contribution is 2.23. The van der Waals surface area contributed by atoms with Crippen LogP contribution in [0.5, 0.6) is 5.75 Å². The van der Waals surface area contributed by atoms with E-state index in [1.807, 2.05) is 13.8 Å². The predicted octanol–water partition coefficient (Wildman–Crippen LogP) is 3.22. The van der Waals surface area contributed by atoms with Crippen molar-refractivity contribution in [2.24, 2.45) is 5.73 Å². The van der Waals surface area contributed by atoms with Gasteiger partial charge in [-0.3, -0.25) is 4.68 Å². The smallest absolute Gasteiger partial charge is 0.137 e. The summed E-state index contributed by atoms with van der Waals surface area (Å²) < 4.78 is 21.1. The second kappa shape index (κ2) is 6.41. The molecule has 0 radical (unpaired) electrons. The van der Waals surface area contributed by atoms with Crippen molar-refractivity contribution in [2.45, 2.75) is 27.0 Å². The van der Waals surface area contributed by atoms with Crippen molar-refractivity contribution in [1.29, 1.82) is 0 Å². The molecule has 7 heteroatoms. The summed E-state index contributed by atoms with van der Waals surface area (Å²) in [7, 11) is 0. The van der Waals surface area contributed by atoms with Crippen molar-refractivity contribution in [3.8, 4) is 5.75 Å². The molecule has 4 nitrogen and oxygen atoms in total. The molecule has 0 spiro atoms. The lowest BCUT2D eigenvalue weighted by atomic mass is 10.2. The quantitative estimate of drug-likeness (QED) is 0.857. The molecule has 1 heterocycles. The van der Waals surface area contributed by atoms with Crippen LogP contribution in [0.3, 0.4) is 0 Å². The highest BCUT2D eigenvalue weighted by Gasteiger charge is 2.13. The highest BCUT2D eigenvalue weighted by molar-refractivity contribution is 7.80. The van der Waals surface area contributed by atoms with E-state index in [4.69, 9.17) is 34.3 Å². The number of benzene rings is 1. The van der Waals surface area contributed by atoms with Gasteiger partial charge in [-0.2, -0.15) is 5.10 Å². The molecule has 112 valence electrons. The number of thiocarbonyl (C=S) groups is 1. The zero-order valence-electron chi connectivity index (χ0n) is 11.7. The molecule has 0 aliphatic rings. The maximum Gasteiger partial charge on any atom is 0.137 e. The molecule has 1 aromatic heterocycles. The lowest BCUT2D eigenvalue weighted by molar-refractivity contribution is 0.291. The van der Waals surface area contributed by atoms with Crippen LogP contribution < -0.4 is 10.5 Å². The van der Waals surface area contributed by atoms with Crippen LogP contribution in [0.15, 0.2) is 18.2 Å². The maximum absolute atomic E-state index is 13.8. The van der Waals surface area contributed by atoms with Crippen LogP contribution in [0, 0.1) is 12.7 Å². The first kappa shape index (κ1) is 15.7. The SMILES string of the molecule is CCn1nc(C)c(Cl)c1COc1ccc(C(N)=S)c(F)c1. The fourth-order valence-corrected chi connectivity index (χ4v) is 2.30. The molecular weight excluding hydrogens is 313 g/mol. The largest absolute Gasteiger partial charge is 0.487 e. The molecular formula is C14H15ClFN3OS. The first-order chi connectivity index (χ1) is 9.93. The van der Waals surface area contributed by atoms with E-state index in [0.29, 0.717) is 17.3 Å². The van der Waals surface area contributed by atoms with E-state index in [2.05, 4.69) is 5.10 Å². The molecule has 0 saturated carbocycles. The number of hydrogen-bond donors (Lipinski definition) is 1. The van der Waals surface area contributed by atoms with E-state index >= 15 is 0 Å². The maximum atomic E-state index is 13.8. The van der Waals surface area contributed by atoms with Crippen molar-refractivity contribution in [3.05, 3.63) is 46.0 Å². The number of nitrogens with two attached hydrogens (primary N) is 1. The van der Waals surface area contributed by atoms with Crippen molar-refractivity contribution >= 4 is 28.8 Å². The van der Waals surface area contributed by atoms with Gasteiger partial charge in [-0.15, -0.1) is 0 Å². The molecule has 2 rings (SSSR count). The molecule has 2 aromatic rings. The van der Waals surface area contributed by atoms with E-state index in [9.17, 15) is 4.39 Å². The van der Waals surface area contributed by atoms with Gasteiger partial charge in [0, 0.05) is 18.2 Å². The van der Waals surface area contributed by atoms with Crippen LogP contribution in [-0.4, -0.2) is 14.8 Å². The van der Waals surface area contributed by atoms with Gasteiger partial charge in [0.05, 0.1) is 16.4 Å². The molecule has 0 saturated heterocycles. The van der Waals surface area contributed by atoms with Crippen LogP contribution in [0.2, 0.25) is 5.02 Å². The number of rotatable bonds is 5. The van der Waals surface area contributed by atoms with Gasteiger partial charge in [0.2, 0.25) is 0 Å².